The van der Waals surface area contributed by atoms with Crippen LogP contribution in [0.15, 0.2) is 24.5 Å². The number of aromatic hydroxyl groups is 1. The Hall–Kier alpha value is -1.78. The Morgan fingerprint density at radius 1 is 1.30 bits per heavy atom. The molecule has 0 saturated heterocycles. The number of hydrogen-bond acceptors (Lipinski definition) is 6. The minimum atomic E-state index is -3.64. The maximum Gasteiger partial charge on any atom is 3.00 e. The molecule has 0 saturated carbocycles. The van der Waals surface area contributed by atoms with Gasteiger partial charge in [0.05, 0.1) is 11.8 Å². The second-order valence-electron chi connectivity index (χ2n) is 6.24. The van der Waals surface area contributed by atoms with E-state index in [0.29, 0.717) is 5.56 Å². The first-order chi connectivity index (χ1) is 11.9. The fourth-order valence-electron chi connectivity index (χ4n) is 1.83. The zero-order valence-electron chi connectivity index (χ0n) is 15.3. The summed E-state index contributed by atoms with van der Waals surface area (Å²) in [4.78, 5) is 24.2. The van der Waals surface area contributed by atoms with Crippen molar-refractivity contribution < 1.29 is 55.8 Å². The topological polar surface area (TPSA) is 130 Å². The summed E-state index contributed by atoms with van der Waals surface area (Å²) in [7, 11) is -1.97. The van der Waals surface area contributed by atoms with E-state index in [0.717, 1.165) is 12.3 Å². The molecule has 2 amide bonds. The molecule has 27 heavy (non-hydrogen) atoms. The zero-order chi connectivity index (χ0) is 19.7. The maximum atomic E-state index is 12.2. The number of nitrogens with one attached hydrogen (secondary N) is 2. The largest absolute Gasteiger partial charge is 3.00 e. The molecule has 140 valence electrons. The Labute approximate surface area is 182 Å². The maximum absolute atomic E-state index is 12.2. The van der Waals surface area contributed by atoms with E-state index < -0.39 is 26.4 Å². The molecule has 11 heteroatoms. The van der Waals surface area contributed by atoms with Crippen molar-refractivity contribution in [1.82, 2.24) is 9.78 Å². The molecular formula is C16H19N4O5SY+2. The van der Waals surface area contributed by atoms with E-state index in [4.69, 9.17) is 0 Å². The average Bonchev–Trinajstić information content (AvgIpc) is 2.95. The first-order valence-electron chi connectivity index (χ1n) is 7.47. The molecule has 0 aliphatic carbocycles. The second kappa shape index (κ2) is 8.49. The predicted octanol–water partition coefficient (Wildman–Crippen LogP) is 0.937. The summed E-state index contributed by atoms with van der Waals surface area (Å²) in [6, 6.07) is 5.10. The third kappa shape index (κ3) is 5.36. The van der Waals surface area contributed by atoms with E-state index in [2.05, 4.69) is 21.8 Å². The number of carbonyl (C=O) groups is 2. The standard InChI is InChI=1S/C16H19N4O5S.Y/c1-16(2,26(4,24)25)15(23)18-11-5-6-12(13(21)7-11)19-14(22)10-8-17-20(3)9-10;/h6-9,21H,1-4H3,(H,18,23)(H,19,22);/q-1;+3. The van der Waals surface area contributed by atoms with Crippen molar-refractivity contribution in [3.05, 3.63) is 36.2 Å². The van der Waals surface area contributed by atoms with Crippen molar-refractivity contribution >= 4 is 33.0 Å². The van der Waals surface area contributed by atoms with Crippen LogP contribution in [0.25, 0.3) is 0 Å². The molecule has 0 fully saturated rings. The van der Waals surface area contributed by atoms with Gasteiger partial charge in [-0.3, -0.25) is 14.3 Å². The number of sulfone groups is 1. The summed E-state index contributed by atoms with van der Waals surface area (Å²) in [5, 5.41) is 18.8. The minimum Gasteiger partial charge on any atom is -0.531 e. The van der Waals surface area contributed by atoms with Crippen molar-refractivity contribution in [3.8, 4) is 5.75 Å². The summed E-state index contributed by atoms with van der Waals surface area (Å²) < 4.78 is 23.2. The number of carbonyl (C=O) groups excluding carboxylic acids is 2. The third-order valence-corrected chi connectivity index (χ3v) is 5.91. The predicted molar refractivity (Wildman–Crippen MR) is 95.7 cm³/mol. The molecule has 3 N–H and O–H groups in total. The Morgan fingerprint density at radius 2 is 1.93 bits per heavy atom. The number of nitrogens with zero attached hydrogens (tertiary/aromatic N) is 2. The molecule has 0 atom stereocenters. The second-order valence-corrected chi connectivity index (χ2v) is 8.80. The van der Waals surface area contributed by atoms with Gasteiger partial charge in [-0.15, -0.1) is 12.1 Å². The van der Waals surface area contributed by atoms with Crippen LogP contribution in [-0.4, -0.2) is 46.1 Å². The SMILES string of the molecule is Cn1cc(C(=O)Nc2c[c-]c(NC(=O)C(C)(C)S(C)(=O)=O)cc2O)cn1.[Y+3]. The van der Waals surface area contributed by atoms with E-state index in [1.54, 1.807) is 7.05 Å². The summed E-state index contributed by atoms with van der Waals surface area (Å²) in [5.41, 5.74) is 0.460. The van der Waals surface area contributed by atoms with Crippen molar-refractivity contribution in [2.75, 3.05) is 16.9 Å². The first kappa shape index (κ1) is 23.3. The van der Waals surface area contributed by atoms with E-state index in [1.807, 2.05) is 0 Å². The number of aryl methyl sites for hydroxylation is 1. The Morgan fingerprint density at radius 3 is 2.41 bits per heavy atom. The number of phenolic OH excluding ortho intramolecular Hbond substituents is 1. The van der Waals surface area contributed by atoms with Gasteiger partial charge in [-0.2, -0.15) is 11.2 Å². The van der Waals surface area contributed by atoms with Gasteiger partial charge in [0, 0.05) is 25.2 Å². The Kier molecular flexibility index (Phi) is 7.32. The number of rotatable bonds is 5. The van der Waals surface area contributed by atoms with E-state index in [9.17, 15) is 23.1 Å². The molecule has 0 aliphatic heterocycles. The molecular weight excluding hydrogens is 449 g/mol. The quantitative estimate of drug-likeness (QED) is 0.442. The molecule has 1 aromatic carbocycles. The number of amides is 2. The molecule has 1 aromatic heterocycles. The van der Waals surface area contributed by atoms with Crippen LogP contribution in [0.1, 0.15) is 24.2 Å². The normalized spacial score (nSPS) is 11.4. The van der Waals surface area contributed by atoms with Crippen LogP contribution in [0.4, 0.5) is 11.4 Å². The van der Waals surface area contributed by atoms with Gasteiger partial charge in [0.15, 0.2) is 9.84 Å². The Bertz CT molecular complexity index is 969. The molecule has 0 unspecified atom stereocenters. The third-order valence-electron chi connectivity index (χ3n) is 3.87. The van der Waals surface area contributed by atoms with Gasteiger partial charge in [-0.05, 0) is 19.5 Å². The molecule has 2 rings (SSSR count). The van der Waals surface area contributed by atoms with Crippen molar-refractivity contribution in [2.45, 2.75) is 18.6 Å². The van der Waals surface area contributed by atoms with Gasteiger partial charge in [-0.25, -0.2) is 8.42 Å². The number of anilines is 2. The Balaban J connectivity index is 0.00000364. The minimum absolute atomic E-state index is 0. The van der Waals surface area contributed by atoms with Crippen LogP contribution < -0.4 is 10.6 Å². The van der Waals surface area contributed by atoms with Crippen molar-refractivity contribution in [3.63, 3.8) is 0 Å². The van der Waals surface area contributed by atoms with Gasteiger partial charge in [0.1, 0.15) is 4.75 Å². The van der Waals surface area contributed by atoms with E-state index in [-0.39, 0.29) is 49.8 Å². The van der Waals surface area contributed by atoms with Crippen molar-refractivity contribution in [2.24, 2.45) is 7.05 Å². The monoisotopic (exact) mass is 468 g/mol. The molecule has 9 nitrogen and oxygen atoms in total. The van der Waals surface area contributed by atoms with Crippen LogP contribution in [-0.2, 0) is 54.4 Å². The molecule has 0 radical (unpaired) electrons. The number of aromatic nitrogens is 2. The van der Waals surface area contributed by atoms with E-state index in [1.165, 1.54) is 37.0 Å². The molecule has 0 spiro atoms. The van der Waals surface area contributed by atoms with Crippen molar-refractivity contribution in [1.29, 1.82) is 0 Å². The number of phenols is 1. The molecule has 0 bridgehead atoms. The van der Waals surface area contributed by atoms with Gasteiger partial charge in [0.25, 0.3) is 0 Å². The molecule has 2 aromatic rings. The van der Waals surface area contributed by atoms with Crippen LogP contribution in [0.2, 0.25) is 0 Å². The average molecular weight is 468 g/mol. The fraction of sp³-hybridized carbons (Fsp3) is 0.312. The number of benzene rings is 1. The fourth-order valence-corrected chi connectivity index (χ4v) is 2.21. The molecule has 1 heterocycles. The summed E-state index contributed by atoms with van der Waals surface area (Å²) >= 11 is 0. The van der Waals surface area contributed by atoms with Gasteiger partial charge < -0.3 is 15.7 Å². The smallest absolute Gasteiger partial charge is 0.531 e. The summed E-state index contributed by atoms with van der Waals surface area (Å²) in [6.07, 6.45) is 3.85. The molecule has 0 aliphatic rings. The summed E-state index contributed by atoms with van der Waals surface area (Å²) in [5.74, 6) is -1.55. The van der Waals surface area contributed by atoms with Gasteiger partial charge in [0.2, 0.25) is 11.8 Å². The van der Waals surface area contributed by atoms with Gasteiger partial charge >= 0.3 is 32.7 Å². The van der Waals surface area contributed by atoms with Crippen LogP contribution in [0, 0.1) is 6.07 Å². The van der Waals surface area contributed by atoms with Crippen LogP contribution in [0.3, 0.4) is 0 Å². The van der Waals surface area contributed by atoms with Crippen LogP contribution in [0.5, 0.6) is 5.75 Å². The van der Waals surface area contributed by atoms with Gasteiger partial charge in [-0.1, -0.05) is 5.69 Å². The van der Waals surface area contributed by atoms with E-state index >= 15 is 0 Å². The number of hydrogen-bond donors (Lipinski definition) is 3. The summed E-state index contributed by atoms with van der Waals surface area (Å²) in [6.45, 7) is 2.56. The first-order valence-corrected chi connectivity index (χ1v) is 9.36. The zero-order valence-corrected chi connectivity index (χ0v) is 18.9. The van der Waals surface area contributed by atoms with Crippen LogP contribution >= 0.6 is 0 Å².